The highest BCUT2D eigenvalue weighted by Gasteiger charge is 2.05. The predicted octanol–water partition coefficient (Wildman–Crippen LogP) is 3.71. The molecule has 0 aliphatic carbocycles. The summed E-state index contributed by atoms with van der Waals surface area (Å²) in [6, 6.07) is 15.1. The Bertz CT molecular complexity index is 801. The molecule has 0 aliphatic rings. The largest absolute Gasteiger partial charge is 0.484 e. The molecule has 0 atom stereocenters. The zero-order valence-electron chi connectivity index (χ0n) is 12.9. The molecular formula is C18H16BrN3O2. The van der Waals surface area contributed by atoms with Gasteiger partial charge in [0.15, 0.2) is 6.61 Å². The van der Waals surface area contributed by atoms with Crippen LogP contribution in [0.15, 0.2) is 71.7 Å². The highest BCUT2D eigenvalue weighted by molar-refractivity contribution is 9.10. The van der Waals surface area contributed by atoms with Gasteiger partial charge in [-0.15, -0.1) is 0 Å². The first-order valence-electron chi connectivity index (χ1n) is 7.42. The van der Waals surface area contributed by atoms with Crippen molar-refractivity contribution in [3.63, 3.8) is 0 Å². The number of amides is 1. The van der Waals surface area contributed by atoms with Gasteiger partial charge in [0.05, 0.1) is 6.33 Å². The normalized spacial score (nSPS) is 10.4. The molecule has 0 unspecified atom stereocenters. The standard InChI is InChI=1S/C18H16BrN3O2/c19-15-4-6-17(7-5-15)24-12-18(23)21-16-3-1-2-14(10-16)11-22-9-8-20-13-22/h1-10,13H,11-12H2,(H,21,23). The van der Waals surface area contributed by atoms with E-state index in [2.05, 4.69) is 26.2 Å². The third-order valence-corrected chi connectivity index (χ3v) is 3.85. The van der Waals surface area contributed by atoms with Crippen LogP contribution in [0.2, 0.25) is 0 Å². The van der Waals surface area contributed by atoms with Gasteiger partial charge < -0.3 is 14.6 Å². The van der Waals surface area contributed by atoms with Crippen LogP contribution in [0.1, 0.15) is 5.56 Å². The van der Waals surface area contributed by atoms with Crippen molar-refractivity contribution in [2.24, 2.45) is 0 Å². The van der Waals surface area contributed by atoms with E-state index in [1.54, 1.807) is 12.5 Å². The molecule has 0 fully saturated rings. The third-order valence-electron chi connectivity index (χ3n) is 3.32. The van der Waals surface area contributed by atoms with Crippen molar-refractivity contribution in [1.82, 2.24) is 9.55 Å². The van der Waals surface area contributed by atoms with E-state index < -0.39 is 0 Å². The smallest absolute Gasteiger partial charge is 0.262 e. The number of benzene rings is 2. The molecule has 0 bridgehead atoms. The molecule has 1 heterocycles. The SMILES string of the molecule is O=C(COc1ccc(Br)cc1)Nc1cccc(Cn2ccnc2)c1. The van der Waals surface area contributed by atoms with E-state index in [4.69, 9.17) is 4.74 Å². The van der Waals surface area contributed by atoms with Crippen LogP contribution < -0.4 is 10.1 Å². The molecule has 3 rings (SSSR count). The number of hydrogen-bond acceptors (Lipinski definition) is 3. The average molecular weight is 386 g/mol. The van der Waals surface area contributed by atoms with Crippen LogP contribution in [-0.4, -0.2) is 22.1 Å². The summed E-state index contributed by atoms with van der Waals surface area (Å²) < 4.78 is 8.40. The Morgan fingerprint density at radius 2 is 2.04 bits per heavy atom. The average Bonchev–Trinajstić information content (AvgIpc) is 3.08. The maximum atomic E-state index is 12.0. The van der Waals surface area contributed by atoms with Crippen molar-refractivity contribution in [3.05, 3.63) is 77.3 Å². The Morgan fingerprint density at radius 1 is 1.21 bits per heavy atom. The molecule has 0 aliphatic heterocycles. The molecule has 1 amide bonds. The fourth-order valence-electron chi connectivity index (χ4n) is 2.22. The number of nitrogens with zero attached hydrogens (tertiary/aromatic N) is 2. The number of rotatable bonds is 6. The van der Waals surface area contributed by atoms with Gasteiger partial charge in [-0.05, 0) is 42.0 Å². The van der Waals surface area contributed by atoms with Crippen LogP contribution in [0.5, 0.6) is 5.75 Å². The van der Waals surface area contributed by atoms with Crippen LogP contribution in [0, 0.1) is 0 Å². The first-order valence-corrected chi connectivity index (χ1v) is 8.21. The van der Waals surface area contributed by atoms with E-state index in [1.807, 2.05) is 59.3 Å². The minimum Gasteiger partial charge on any atom is -0.484 e. The van der Waals surface area contributed by atoms with Crippen molar-refractivity contribution in [2.75, 3.05) is 11.9 Å². The molecule has 0 saturated carbocycles. The molecule has 5 nitrogen and oxygen atoms in total. The second-order valence-electron chi connectivity index (χ2n) is 5.23. The van der Waals surface area contributed by atoms with Crippen LogP contribution >= 0.6 is 15.9 Å². The zero-order valence-corrected chi connectivity index (χ0v) is 14.4. The quantitative estimate of drug-likeness (QED) is 0.703. The van der Waals surface area contributed by atoms with E-state index in [9.17, 15) is 4.79 Å². The van der Waals surface area contributed by atoms with Gasteiger partial charge in [0.1, 0.15) is 5.75 Å². The Kier molecular flexibility index (Phi) is 5.28. The molecule has 1 aromatic heterocycles. The number of nitrogens with one attached hydrogen (secondary N) is 1. The lowest BCUT2D eigenvalue weighted by molar-refractivity contribution is -0.118. The Hall–Kier alpha value is -2.60. The van der Waals surface area contributed by atoms with Crippen LogP contribution in [0.3, 0.4) is 0 Å². The number of imidazole rings is 1. The van der Waals surface area contributed by atoms with Gasteiger partial charge in [-0.2, -0.15) is 0 Å². The number of ether oxygens (including phenoxy) is 1. The molecule has 24 heavy (non-hydrogen) atoms. The molecule has 1 N–H and O–H groups in total. The highest BCUT2D eigenvalue weighted by atomic mass is 79.9. The number of anilines is 1. The van der Waals surface area contributed by atoms with Crippen molar-refractivity contribution in [1.29, 1.82) is 0 Å². The fourth-order valence-corrected chi connectivity index (χ4v) is 2.48. The molecule has 0 saturated heterocycles. The number of hydrogen-bond donors (Lipinski definition) is 1. The van der Waals surface area contributed by atoms with Crippen LogP contribution in [0.25, 0.3) is 0 Å². The topological polar surface area (TPSA) is 56.1 Å². The van der Waals surface area contributed by atoms with Gasteiger partial charge in [-0.1, -0.05) is 28.1 Å². The number of halogens is 1. The lowest BCUT2D eigenvalue weighted by atomic mass is 10.2. The first kappa shape index (κ1) is 16.3. The summed E-state index contributed by atoms with van der Waals surface area (Å²) in [4.78, 5) is 16.0. The van der Waals surface area contributed by atoms with E-state index in [1.165, 1.54) is 0 Å². The summed E-state index contributed by atoms with van der Waals surface area (Å²) >= 11 is 3.36. The van der Waals surface area contributed by atoms with Crippen molar-refractivity contribution >= 4 is 27.5 Å². The van der Waals surface area contributed by atoms with E-state index >= 15 is 0 Å². The monoisotopic (exact) mass is 385 g/mol. The second kappa shape index (κ2) is 7.79. The molecule has 6 heteroatoms. The van der Waals surface area contributed by atoms with Crippen LogP contribution in [0.4, 0.5) is 5.69 Å². The molecule has 2 aromatic carbocycles. The summed E-state index contributed by atoms with van der Waals surface area (Å²) in [5, 5.41) is 2.85. The van der Waals surface area contributed by atoms with E-state index in [0.29, 0.717) is 12.3 Å². The van der Waals surface area contributed by atoms with Crippen molar-refractivity contribution < 1.29 is 9.53 Å². The lowest BCUT2D eigenvalue weighted by Gasteiger charge is -2.09. The predicted molar refractivity (Wildman–Crippen MR) is 96.0 cm³/mol. The number of aromatic nitrogens is 2. The molecule has 0 spiro atoms. The number of carbonyl (C=O) groups is 1. The highest BCUT2D eigenvalue weighted by Crippen LogP contribution is 2.16. The van der Waals surface area contributed by atoms with E-state index in [-0.39, 0.29) is 12.5 Å². The summed E-state index contributed by atoms with van der Waals surface area (Å²) in [6.45, 7) is 0.673. The summed E-state index contributed by atoms with van der Waals surface area (Å²) in [7, 11) is 0. The molecular weight excluding hydrogens is 370 g/mol. The van der Waals surface area contributed by atoms with Crippen molar-refractivity contribution in [2.45, 2.75) is 6.54 Å². The maximum Gasteiger partial charge on any atom is 0.262 e. The molecule has 122 valence electrons. The fraction of sp³-hybridized carbons (Fsp3) is 0.111. The Balaban J connectivity index is 1.55. The van der Waals surface area contributed by atoms with Gasteiger partial charge >= 0.3 is 0 Å². The van der Waals surface area contributed by atoms with Gasteiger partial charge in [0.2, 0.25) is 0 Å². The minimum absolute atomic E-state index is 0.0343. The summed E-state index contributed by atoms with van der Waals surface area (Å²) in [5.74, 6) is 0.458. The van der Waals surface area contributed by atoms with E-state index in [0.717, 1.165) is 15.7 Å². The first-order chi connectivity index (χ1) is 11.7. The van der Waals surface area contributed by atoms with Gasteiger partial charge in [0.25, 0.3) is 5.91 Å². The third kappa shape index (κ3) is 4.70. The minimum atomic E-state index is -0.197. The summed E-state index contributed by atoms with van der Waals surface area (Å²) in [6.07, 6.45) is 5.40. The van der Waals surface area contributed by atoms with Gasteiger partial charge in [0, 0.05) is 29.1 Å². The molecule has 0 radical (unpaired) electrons. The van der Waals surface area contributed by atoms with Crippen molar-refractivity contribution in [3.8, 4) is 5.75 Å². The van der Waals surface area contributed by atoms with Crippen LogP contribution in [-0.2, 0) is 11.3 Å². The van der Waals surface area contributed by atoms with Gasteiger partial charge in [-0.3, -0.25) is 4.79 Å². The second-order valence-corrected chi connectivity index (χ2v) is 6.14. The molecule has 3 aromatic rings. The zero-order chi connectivity index (χ0) is 16.8. The Morgan fingerprint density at radius 3 is 2.79 bits per heavy atom. The number of carbonyl (C=O) groups excluding carboxylic acids is 1. The lowest BCUT2D eigenvalue weighted by Crippen LogP contribution is -2.20. The maximum absolute atomic E-state index is 12.0. The Labute approximate surface area is 148 Å². The summed E-state index contributed by atoms with van der Waals surface area (Å²) in [5.41, 5.74) is 1.83. The van der Waals surface area contributed by atoms with Gasteiger partial charge in [-0.25, -0.2) is 4.98 Å².